The molecule has 0 radical (unpaired) electrons. The summed E-state index contributed by atoms with van der Waals surface area (Å²) in [6.45, 7) is 5.33. The molecule has 5 N–H and O–H groups in total. The second kappa shape index (κ2) is 7.81. The predicted molar refractivity (Wildman–Crippen MR) is 91.0 cm³/mol. The van der Waals surface area contributed by atoms with Gasteiger partial charge in [0.1, 0.15) is 19.9 Å². The van der Waals surface area contributed by atoms with Crippen LogP contribution in [-0.2, 0) is 18.7 Å². The van der Waals surface area contributed by atoms with Gasteiger partial charge < -0.3 is 4.89 Å². The van der Waals surface area contributed by atoms with E-state index in [1.165, 1.54) is 0 Å². The van der Waals surface area contributed by atoms with Crippen molar-refractivity contribution >= 4 is 27.4 Å². The van der Waals surface area contributed by atoms with Gasteiger partial charge in [-0.05, 0) is 26.2 Å². The molecular formula is C14H28N2O5P2. The van der Waals surface area contributed by atoms with Gasteiger partial charge in [-0.2, -0.15) is 0 Å². The Labute approximate surface area is 138 Å². The zero-order chi connectivity index (χ0) is 17.9. The standard InChI is InChI=1S/C14H28N2O5P2/c1-13(2,22(15)19)9-7-11(17)5-4-6-12(18)8-10-14(3)21-23(14,16)20/h19H,4-10,15H2,1-3H3,(H2,16,20). The first-order chi connectivity index (χ1) is 10.4. The van der Waals surface area contributed by atoms with Crippen molar-refractivity contribution in [3.05, 3.63) is 0 Å². The number of hydrogen-bond donors (Lipinski definition) is 3. The third-order valence-corrected chi connectivity index (χ3v) is 7.98. The van der Waals surface area contributed by atoms with E-state index in [9.17, 15) is 19.0 Å². The molecular weight excluding hydrogens is 338 g/mol. The van der Waals surface area contributed by atoms with E-state index in [0.29, 0.717) is 38.5 Å². The number of carbonyl (C=O) groups is 2. The second-order valence-electron chi connectivity index (χ2n) is 6.95. The minimum atomic E-state index is -2.98. The summed E-state index contributed by atoms with van der Waals surface area (Å²) in [6, 6.07) is 0. The Bertz CT molecular complexity index is 509. The Morgan fingerprint density at radius 1 is 1.22 bits per heavy atom. The Morgan fingerprint density at radius 3 is 2.13 bits per heavy atom. The van der Waals surface area contributed by atoms with Crippen LogP contribution in [0.15, 0.2) is 0 Å². The van der Waals surface area contributed by atoms with Gasteiger partial charge in [-0.3, -0.25) is 29.7 Å². The highest BCUT2D eigenvalue weighted by atomic mass is 31.2. The maximum absolute atomic E-state index is 11.8. The normalized spacial score (nSPS) is 28.4. The van der Waals surface area contributed by atoms with Crippen molar-refractivity contribution in [2.24, 2.45) is 11.0 Å². The summed E-state index contributed by atoms with van der Waals surface area (Å²) in [5.41, 5.74) is 10.9. The molecule has 0 spiro atoms. The van der Waals surface area contributed by atoms with Gasteiger partial charge in [0.05, 0.1) is 0 Å². The van der Waals surface area contributed by atoms with E-state index in [1.807, 2.05) is 13.8 Å². The molecule has 1 aliphatic heterocycles. The molecule has 0 aliphatic carbocycles. The predicted octanol–water partition coefficient (Wildman–Crippen LogP) is 2.79. The van der Waals surface area contributed by atoms with Crippen molar-refractivity contribution in [2.75, 3.05) is 0 Å². The lowest BCUT2D eigenvalue weighted by molar-refractivity contribution is -0.120. The molecule has 9 heteroatoms. The molecule has 0 aromatic heterocycles. The molecule has 3 atom stereocenters. The number of ketones is 2. The van der Waals surface area contributed by atoms with Crippen molar-refractivity contribution in [2.45, 2.75) is 76.2 Å². The van der Waals surface area contributed by atoms with Crippen molar-refractivity contribution in [3.8, 4) is 0 Å². The zero-order valence-electron chi connectivity index (χ0n) is 14.1. The minimum Gasteiger partial charge on any atom is -0.359 e. The first-order valence-electron chi connectivity index (χ1n) is 7.76. The van der Waals surface area contributed by atoms with E-state index in [2.05, 4.69) is 0 Å². The number of carbonyl (C=O) groups excluding carboxylic acids is 2. The van der Waals surface area contributed by atoms with Crippen LogP contribution in [-0.4, -0.2) is 27.0 Å². The highest BCUT2D eigenvalue weighted by Gasteiger charge is 2.61. The first-order valence-corrected chi connectivity index (χ1v) is 10.8. The summed E-state index contributed by atoms with van der Waals surface area (Å²) in [5, 5.41) is -1.27. The van der Waals surface area contributed by atoms with Gasteiger partial charge in [0, 0.05) is 30.8 Å². The quantitative estimate of drug-likeness (QED) is 0.378. The van der Waals surface area contributed by atoms with E-state index < -0.39 is 26.3 Å². The van der Waals surface area contributed by atoms with Gasteiger partial charge in [0.25, 0.3) is 7.52 Å². The highest BCUT2D eigenvalue weighted by molar-refractivity contribution is 7.64. The molecule has 1 saturated heterocycles. The third kappa shape index (κ3) is 6.33. The Balaban J connectivity index is 2.15. The van der Waals surface area contributed by atoms with E-state index in [0.717, 1.165) is 0 Å². The molecule has 23 heavy (non-hydrogen) atoms. The summed E-state index contributed by atoms with van der Waals surface area (Å²) in [4.78, 5) is 33.0. The maximum atomic E-state index is 11.8. The molecule has 1 heterocycles. The van der Waals surface area contributed by atoms with Crippen LogP contribution >= 0.6 is 15.8 Å². The summed E-state index contributed by atoms with van der Waals surface area (Å²) >= 11 is 0. The Morgan fingerprint density at radius 2 is 1.70 bits per heavy atom. The molecule has 0 bridgehead atoms. The van der Waals surface area contributed by atoms with Crippen LogP contribution in [0.1, 0.15) is 65.7 Å². The average Bonchev–Trinajstić information content (AvgIpc) is 2.93. The summed E-state index contributed by atoms with van der Waals surface area (Å²) in [5.74, 6) is 0.0994. The molecule has 0 amide bonds. The fourth-order valence-electron chi connectivity index (χ4n) is 2.14. The van der Waals surface area contributed by atoms with Gasteiger partial charge in [-0.1, -0.05) is 13.8 Å². The molecule has 1 rings (SSSR count). The van der Waals surface area contributed by atoms with Crippen LogP contribution in [0.2, 0.25) is 0 Å². The molecule has 0 saturated carbocycles. The van der Waals surface area contributed by atoms with Crippen LogP contribution in [0.5, 0.6) is 0 Å². The lowest BCUT2D eigenvalue weighted by Crippen LogP contribution is -2.22. The fraction of sp³-hybridized carbons (Fsp3) is 0.857. The van der Waals surface area contributed by atoms with Gasteiger partial charge in [-0.25, -0.2) is 0 Å². The highest BCUT2D eigenvalue weighted by Crippen LogP contribution is 2.73. The van der Waals surface area contributed by atoms with Crippen LogP contribution in [0.25, 0.3) is 0 Å². The lowest BCUT2D eigenvalue weighted by Gasteiger charge is -2.26. The van der Waals surface area contributed by atoms with E-state index >= 15 is 0 Å². The summed E-state index contributed by atoms with van der Waals surface area (Å²) in [7, 11) is -4.54. The number of rotatable bonds is 11. The molecule has 3 unspecified atom stereocenters. The van der Waals surface area contributed by atoms with E-state index in [-0.39, 0.29) is 18.0 Å². The monoisotopic (exact) mass is 366 g/mol. The third-order valence-electron chi connectivity index (χ3n) is 4.37. The van der Waals surface area contributed by atoms with Gasteiger partial charge in [0.2, 0.25) is 0 Å². The molecule has 7 nitrogen and oxygen atoms in total. The average molecular weight is 366 g/mol. The van der Waals surface area contributed by atoms with Crippen molar-refractivity contribution in [1.29, 1.82) is 0 Å². The molecule has 1 aliphatic rings. The van der Waals surface area contributed by atoms with Gasteiger partial charge in [0.15, 0.2) is 5.34 Å². The fourth-order valence-corrected chi connectivity index (χ4v) is 3.78. The van der Waals surface area contributed by atoms with Crippen LogP contribution in [0.3, 0.4) is 0 Å². The van der Waals surface area contributed by atoms with Gasteiger partial charge >= 0.3 is 0 Å². The summed E-state index contributed by atoms with van der Waals surface area (Å²) < 4.78 is 16.4. The smallest absolute Gasteiger partial charge is 0.299 e. The van der Waals surface area contributed by atoms with Crippen molar-refractivity contribution < 1.29 is 23.6 Å². The second-order valence-corrected chi connectivity index (χ2v) is 11.2. The first kappa shape index (κ1) is 20.9. The summed E-state index contributed by atoms with van der Waals surface area (Å²) in [6.07, 6.45) is 2.70. The SMILES string of the molecule is CC(C)(CCC(=O)CCCC(=O)CCC1(C)OP1(N)=O)P(N)O. The molecule has 134 valence electrons. The van der Waals surface area contributed by atoms with Crippen molar-refractivity contribution in [1.82, 2.24) is 0 Å². The lowest BCUT2D eigenvalue weighted by atomic mass is 10.0. The maximum Gasteiger partial charge on any atom is 0.299 e. The van der Waals surface area contributed by atoms with E-state index in [4.69, 9.17) is 15.5 Å². The molecule has 0 aromatic carbocycles. The Kier molecular flexibility index (Phi) is 7.10. The topological polar surface area (TPSA) is 136 Å². The number of Topliss-reactive ketones (excluding diaryl/α,β-unsaturated/α-hetero) is 2. The zero-order valence-corrected chi connectivity index (χ0v) is 15.9. The molecule has 1 fully saturated rings. The number of nitrogens with two attached hydrogens (primary N) is 2. The largest absolute Gasteiger partial charge is 0.359 e. The van der Waals surface area contributed by atoms with E-state index in [1.54, 1.807) is 6.92 Å². The van der Waals surface area contributed by atoms with Crippen LogP contribution < -0.4 is 11.0 Å². The van der Waals surface area contributed by atoms with Gasteiger partial charge in [-0.15, -0.1) is 0 Å². The van der Waals surface area contributed by atoms with Crippen molar-refractivity contribution in [3.63, 3.8) is 0 Å². The minimum absolute atomic E-state index is 0.0238. The Hall–Kier alpha value is -0.160. The van der Waals surface area contributed by atoms with Crippen LogP contribution in [0.4, 0.5) is 0 Å². The van der Waals surface area contributed by atoms with Crippen LogP contribution in [0, 0.1) is 0 Å². The molecule has 0 aromatic rings. The number of hydrogen-bond acceptors (Lipinski definition) is 6.